The maximum atomic E-state index is 11.2. The number of amides is 1. The van der Waals surface area contributed by atoms with Crippen molar-refractivity contribution in [3.8, 4) is 0 Å². The monoisotopic (exact) mass is 250 g/mol. The summed E-state index contributed by atoms with van der Waals surface area (Å²) in [7, 11) is 0. The van der Waals surface area contributed by atoms with Crippen LogP contribution in [-0.2, 0) is 11.3 Å². The molecule has 100 valence electrons. The van der Waals surface area contributed by atoms with E-state index >= 15 is 0 Å². The van der Waals surface area contributed by atoms with Crippen LogP contribution < -0.4 is 11.1 Å². The summed E-state index contributed by atoms with van der Waals surface area (Å²) in [4.78, 5) is 11.2. The van der Waals surface area contributed by atoms with Crippen LogP contribution in [0.25, 0.3) is 0 Å². The number of carbonyl (C=O) groups excluding carboxylic acids is 1. The minimum absolute atomic E-state index is 0.290. The molecule has 3 N–H and O–H groups in total. The average Bonchev–Trinajstić information content (AvgIpc) is 2.84. The second-order valence-electron chi connectivity index (χ2n) is 5.98. The molecule has 1 heterocycles. The molecule has 18 heavy (non-hydrogen) atoms. The molecular weight excluding hydrogens is 228 g/mol. The van der Waals surface area contributed by atoms with E-state index in [9.17, 15) is 4.79 Å². The molecule has 1 saturated carbocycles. The number of hydrogen-bond donors (Lipinski definition) is 2. The molecular formula is C14H22N2O2. The number of primary amides is 1. The molecule has 0 saturated heterocycles. The van der Waals surface area contributed by atoms with Crippen LogP contribution in [0.4, 0.5) is 0 Å². The second kappa shape index (κ2) is 4.76. The maximum Gasteiger partial charge on any atom is 0.224 e. The first-order valence-electron chi connectivity index (χ1n) is 6.49. The Kier molecular flexibility index (Phi) is 3.48. The molecule has 0 bridgehead atoms. The Morgan fingerprint density at radius 2 is 2.22 bits per heavy atom. The van der Waals surface area contributed by atoms with Crippen molar-refractivity contribution in [3.05, 3.63) is 23.7 Å². The fourth-order valence-electron chi connectivity index (χ4n) is 1.99. The zero-order valence-corrected chi connectivity index (χ0v) is 11.3. The quantitative estimate of drug-likeness (QED) is 0.811. The molecule has 2 atom stereocenters. The molecule has 2 rings (SSSR count). The number of furan rings is 1. The van der Waals surface area contributed by atoms with Crippen LogP contribution in [-0.4, -0.2) is 12.5 Å². The smallest absolute Gasteiger partial charge is 0.224 e. The van der Waals surface area contributed by atoms with Crippen molar-refractivity contribution in [2.24, 2.45) is 17.1 Å². The lowest BCUT2D eigenvalue weighted by molar-refractivity contribution is -0.125. The van der Waals surface area contributed by atoms with Gasteiger partial charge < -0.3 is 15.5 Å². The number of hydrogen-bond acceptors (Lipinski definition) is 3. The normalized spacial score (nSPS) is 23.1. The molecule has 0 radical (unpaired) electrons. The zero-order chi connectivity index (χ0) is 13.3. The Bertz CT molecular complexity index is 437. The third-order valence-electron chi connectivity index (χ3n) is 3.69. The van der Waals surface area contributed by atoms with Gasteiger partial charge in [0.25, 0.3) is 0 Å². The number of nitrogens with two attached hydrogens (primary N) is 1. The van der Waals surface area contributed by atoms with Crippen molar-refractivity contribution >= 4 is 5.91 Å². The first-order chi connectivity index (χ1) is 8.40. The summed E-state index contributed by atoms with van der Waals surface area (Å²) in [5, 5.41) is 3.21. The highest BCUT2D eigenvalue weighted by molar-refractivity contribution is 5.80. The minimum Gasteiger partial charge on any atom is -0.464 e. The van der Waals surface area contributed by atoms with Gasteiger partial charge in [-0.3, -0.25) is 4.79 Å². The average molecular weight is 250 g/mol. The van der Waals surface area contributed by atoms with Gasteiger partial charge in [0.1, 0.15) is 11.5 Å². The lowest BCUT2D eigenvalue weighted by atomic mass is 9.93. The standard InChI is InChI=1S/C14H22N2O2/c1-9-6-11(9)12-5-4-10(18-12)7-16-8-14(2,3)13(15)17/h4-5,9,11,16H,6-8H2,1-3H3,(H2,15,17). The van der Waals surface area contributed by atoms with Gasteiger partial charge in [0.05, 0.1) is 12.0 Å². The summed E-state index contributed by atoms with van der Waals surface area (Å²) in [6.07, 6.45) is 1.23. The summed E-state index contributed by atoms with van der Waals surface area (Å²) < 4.78 is 5.77. The van der Waals surface area contributed by atoms with E-state index in [0.717, 1.165) is 17.4 Å². The van der Waals surface area contributed by atoms with E-state index in [4.69, 9.17) is 10.2 Å². The molecule has 2 unspecified atom stereocenters. The summed E-state index contributed by atoms with van der Waals surface area (Å²) in [6, 6.07) is 4.06. The number of carbonyl (C=O) groups is 1. The Balaban J connectivity index is 1.80. The fraction of sp³-hybridized carbons (Fsp3) is 0.643. The van der Waals surface area contributed by atoms with Crippen molar-refractivity contribution in [3.63, 3.8) is 0 Å². The fourth-order valence-corrected chi connectivity index (χ4v) is 1.99. The first-order valence-corrected chi connectivity index (χ1v) is 6.49. The molecule has 0 aliphatic heterocycles. The molecule has 0 spiro atoms. The third kappa shape index (κ3) is 2.93. The summed E-state index contributed by atoms with van der Waals surface area (Å²) in [5.74, 6) is 3.09. The van der Waals surface area contributed by atoms with E-state index < -0.39 is 5.41 Å². The second-order valence-corrected chi connectivity index (χ2v) is 5.98. The first kappa shape index (κ1) is 13.1. The molecule has 0 aromatic carbocycles. The highest BCUT2D eigenvalue weighted by Crippen LogP contribution is 2.47. The van der Waals surface area contributed by atoms with Crippen LogP contribution in [0, 0.1) is 11.3 Å². The lowest BCUT2D eigenvalue weighted by Gasteiger charge is -2.20. The molecule has 4 nitrogen and oxygen atoms in total. The summed E-state index contributed by atoms with van der Waals surface area (Å²) in [5.41, 5.74) is 4.79. The highest BCUT2D eigenvalue weighted by Gasteiger charge is 2.36. The van der Waals surface area contributed by atoms with Gasteiger partial charge in [0.2, 0.25) is 5.91 Å². The largest absolute Gasteiger partial charge is 0.464 e. The van der Waals surface area contributed by atoms with Crippen molar-refractivity contribution < 1.29 is 9.21 Å². The van der Waals surface area contributed by atoms with Crippen molar-refractivity contribution in [1.82, 2.24) is 5.32 Å². The number of nitrogens with one attached hydrogen (secondary N) is 1. The Morgan fingerprint density at radius 1 is 1.56 bits per heavy atom. The van der Waals surface area contributed by atoms with Gasteiger partial charge in [-0.1, -0.05) is 6.92 Å². The molecule has 1 aliphatic carbocycles. The predicted molar refractivity (Wildman–Crippen MR) is 69.9 cm³/mol. The Hall–Kier alpha value is -1.29. The SMILES string of the molecule is CC1CC1c1ccc(CNCC(C)(C)C(N)=O)o1. The molecule has 4 heteroatoms. The molecule has 1 aromatic heterocycles. The minimum atomic E-state index is -0.527. The zero-order valence-electron chi connectivity index (χ0n) is 11.3. The van der Waals surface area contributed by atoms with E-state index in [2.05, 4.69) is 18.3 Å². The summed E-state index contributed by atoms with van der Waals surface area (Å²) >= 11 is 0. The van der Waals surface area contributed by atoms with Gasteiger partial charge in [-0.2, -0.15) is 0 Å². The molecule has 1 aliphatic rings. The number of rotatable bonds is 6. The van der Waals surface area contributed by atoms with Crippen LogP contribution in [0.3, 0.4) is 0 Å². The highest BCUT2D eigenvalue weighted by atomic mass is 16.3. The van der Waals surface area contributed by atoms with E-state index in [0.29, 0.717) is 19.0 Å². The molecule has 1 fully saturated rings. The lowest BCUT2D eigenvalue weighted by Crippen LogP contribution is -2.40. The van der Waals surface area contributed by atoms with Gasteiger partial charge in [-0.05, 0) is 38.3 Å². The van der Waals surface area contributed by atoms with Crippen LogP contribution in [0.5, 0.6) is 0 Å². The van der Waals surface area contributed by atoms with Gasteiger partial charge in [-0.25, -0.2) is 0 Å². The van der Waals surface area contributed by atoms with E-state index in [1.807, 2.05) is 19.9 Å². The molecule has 1 aromatic rings. The van der Waals surface area contributed by atoms with Gasteiger partial charge in [-0.15, -0.1) is 0 Å². The van der Waals surface area contributed by atoms with Crippen LogP contribution in [0.15, 0.2) is 16.5 Å². The van der Waals surface area contributed by atoms with Crippen LogP contribution >= 0.6 is 0 Å². The predicted octanol–water partition coefficient (Wildman–Crippen LogP) is 2.00. The summed E-state index contributed by atoms with van der Waals surface area (Å²) in [6.45, 7) is 7.10. The van der Waals surface area contributed by atoms with Crippen LogP contribution in [0.1, 0.15) is 44.6 Å². The van der Waals surface area contributed by atoms with Crippen molar-refractivity contribution in [2.45, 2.75) is 39.7 Å². The maximum absolute atomic E-state index is 11.2. The third-order valence-corrected chi connectivity index (χ3v) is 3.69. The van der Waals surface area contributed by atoms with Crippen LogP contribution in [0.2, 0.25) is 0 Å². The van der Waals surface area contributed by atoms with Gasteiger partial charge >= 0.3 is 0 Å². The van der Waals surface area contributed by atoms with E-state index in [1.54, 1.807) is 0 Å². The van der Waals surface area contributed by atoms with E-state index in [-0.39, 0.29) is 5.91 Å². The Morgan fingerprint density at radius 3 is 2.78 bits per heavy atom. The molecule has 1 amide bonds. The van der Waals surface area contributed by atoms with Crippen molar-refractivity contribution in [2.75, 3.05) is 6.54 Å². The van der Waals surface area contributed by atoms with Gasteiger partial charge in [0, 0.05) is 12.5 Å². The topological polar surface area (TPSA) is 68.3 Å². The van der Waals surface area contributed by atoms with Gasteiger partial charge in [0.15, 0.2) is 0 Å². The van der Waals surface area contributed by atoms with E-state index in [1.165, 1.54) is 6.42 Å². The Labute approximate surface area is 108 Å². The van der Waals surface area contributed by atoms with Crippen molar-refractivity contribution in [1.29, 1.82) is 0 Å².